The molecule has 116 valence electrons. The lowest BCUT2D eigenvalue weighted by molar-refractivity contribution is 0.186. The lowest BCUT2D eigenvalue weighted by Crippen LogP contribution is -2.51. The Morgan fingerprint density at radius 1 is 1.52 bits per heavy atom. The zero-order chi connectivity index (χ0) is 15.2. The minimum Gasteiger partial charge on any atom is -0.392 e. The molecule has 1 aromatic carbocycles. The number of urea groups is 1. The molecule has 6 heteroatoms. The van der Waals surface area contributed by atoms with Crippen molar-refractivity contribution < 1.29 is 9.90 Å². The quantitative estimate of drug-likeness (QED) is 0.797. The first-order chi connectivity index (χ1) is 10.1. The van der Waals surface area contributed by atoms with E-state index in [0.29, 0.717) is 0 Å². The van der Waals surface area contributed by atoms with E-state index in [1.54, 1.807) is 6.92 Å². The summed E-state index contributed by atoms with van der Waals surface area (Å²) in [6.07, 6.45) is 1.41. The van der Waals surface area contributed by atoms with Gasteiger partial charge in [0.05, 0.1) is 16.8 Å². The summed E-state index contributed by atoms with van der Waals surface area (Å²) in [6.45, 7) is 3.58. The van der Waals surface area contributed by atoms with Gasteiger partial charge in [-0.05, 0) is 31.9 Å². The van der Waals surface area contributed by atoms with E-state index in [0.717, 1.165) is 36.6 Å². The number of aliphatic hydroxyl groups is 1. The highest BCUT2D eigenvalue weighted by Gasteiger charge is 2.22. The zero-order valence-electron chi connectivity index (χ0n) is 12.2. The van der Waals surface area contributed by atoms with E-state index in [4.69, 9.17) is 16.7 Å². The molecule has 0 unspecified atom stereocenters. The van der Waals surface area contributed by atoms with Gasteiger partial charge >= 0.3 is 6.03 Å². The summed E-state index contributed by atoms with van der Waals surface area (Å²) in [5.41, 5.74) is 1.01. The number of piperidine rings is 1. The highest BCUT2D eigenvalue weighted by molar-refractivity contribution is 6.33. The summed E-state index contributed by atoms with van der Waals surface area (Å²) < 4.78 is 0. The van der Waals surface area contributed by atoms with E-state index < -0.39 is 6.10 Å². The molecule has 1 aliphatic rings. The number of hydrogen-bond donors (Lipinski definition) is 3. The first kappa shape index (κ1) is 15.9. The van der Waals surface area contributed by atoms with Crippen molar-refractivity contribution in [3.8, 4) is 0 Å². The number of aliphatic hydroxyl groups excluding tert-OH is 1. The topological polar surface area (TPSA) is 64.6 Å². The van der Waals surface area contributed by atoms with Crippen LogP contribution >= 0.6 is 11.6 Å². The number of nitrogens with one attached hydrogen (secondary N) is 2. The number of para-hydroxylation sites is 1. The molecule has 1 aromatic rings. The van der Waals surface area contributed by atoms with E-state index in [9.17, 15) is 4.79 Å². The Bertz CT molecular complexity index is 482. The maximum absolute atomic E-state index is 11.7. The average Bonchev–Trinajstić information content (AvgIpc) is 2.46. The third-order valence-corrected chi connectivity index (χ3v) is 3.83. The SMILES string of the molecule is C[C@@H](O)CNC(=O)N[C@@H]1CCCN(c2ccccc2Cl)C1. The summed E-state index contributed by atoms with van der Waals surface area (Å²) in [6, 6.07) is 7.61. The number of carbonyl (C=O) groups excluding carboxylic acids is 1. The van der Waals surface area contributed by atoms with Gasteiger partial charge in [-0.25, -0.2) is 4.79 Å². The van der Waals surface area contributed by atoms with Crippen LogP contribution in [-0.2, 0) is 0 Å². The van der Waals surface area contributed by atoms with E-state index in [1.165, 1.54) is 0 Å². The smallest absolute Gasteiger partial charge is 0.315 e. The molecule has 2 atom stereocenters. The lowest BCUT2D eigenvalue weighted by atomic mass is 10.1. The zero-order valence-corrected chi connectivity index (χ0v) is 12.9. The first-order valence-electron chi connectivity index (χ1n) is 7.28. The third-order valence-electron chi connectivity index (χ3n) is 3.51. The number of amides is 2. The van der Waals surface area contributed by atoms with E-state index in [2.05, 4.69) is 15.5 Å². The van der Waals surface area contributed by atoms with Crippen molar-refractivity contribution in [3.63, 3.8) is 0 Å². The predicted molar refractivity (Wildman–Crippen MR) is 84.9 cm³/mol. The molecule has 1 heterocycles. The van der Waals surface area contributed by atoms with Crippen molar-refractivity contribution in [1.82, 2.24) is 10.6 Å². The van der Waals surface area contributed by atoms with Gasteiger partial charge < -0.3 is 20.6 Å². The van der Waals surface area contributed by atoms with Crippen molar-refractivity contribution in [3.05, 3.63) is 29.3 Å². The largest absolute Gasteiger partial charge is 0.392 e. The Balaban J connectivity index is 1.89. The van der Waals surface area contributed by atoms with Gasteiger partial charge in [0.1, 0.15) is 0 Å². The monoisotopic (exact) mass is 311 g/mol. The van der Waals surface area contributed by atoms with Gasteiger partial charge in [0.15, 0.2) is 0 Å². The van der Waals surface area contributed by atoms with Crippen LogP contribution in [0, 0.1) is 0 Å². The second-order valence-corrected chi connectivity index (χ2v) is 5.85. The second-order valence-electron chi connectivity index (χ2n) is 5.44. The molecule has 5 nitrogen and oxygen atoms in total. The van der Waals surface area contributed by atoms with Crippen molar-refractivity contribution in [2.45, 2.75) is 31.9 Å². The van der Waals surface area contributed by atoms with Crippen LogP contribution in [0.25, 0.3) is 0 Å². The van der Waals surface area contributed by atoms with Gasteiger partial charge in [0.25, 0.3) is 0 Å². The molecule has 0 spiro atoms. The number of halogens is 1. The predicted octanol–water partition coefficient (Wildman–Crippen LogP) is 1.99. The number of benzene rings is 1. The van der Waals surface area contributed by atoms with E-state index in [-0.39, 0.29) is 18.6 Å². The number of carbonyl (C=O) groups is 1. The van der Waals surface area contributed by atoms with Crippen LogP contribution in [0.5, 0.6) is 0 Å². The minimum absolute atomic E-state index is 0.0871. The Morgan fingerprint density at radius 2 is 2.29 bits per heavy atom. The number of rotatable bonds is 4. The van der Waals surface area contributed by atoms with Crippen LogP contribution in [0.3, 0.4) is 0 Å². The van der Waals surface area contributed by atoms with Crippen LogP contribution in [0.2, 0.25) is 5.02 Å². The Kier molecular flexibility index (Phi) is 5.70. The van der Waals surface area contributed by atoms with Crippen molar-refractivity contribution in [1.29, 1.82) is 0 Å². The maximum atomic E-state index is 11.7. The molecule has 0 radical (unpaired) electrons. The van der Waals surface area contributed by atoms with Crippen molar-refractivity contribution >= 4 is 23.3 Å². The molecule has 0 bridgehead atoms. The van der Waals surface area contributed by atoms with Gasteiger partial charge in [-0.2, -0.15) is 0 Å². The van der Waals surface area contributed by atoms with Crippen LogP contribution in [-0.4, -0.2) is 42.9 Å². The molecule has 2 amide bonds. The molecule has 1 saturated heterocycles. The molecule has 1 fully saturated rings. The van der Waals surface area contributed by atoms with Gasteiger partial charge in [0, 0.05) is 25.7 Å². The highest BCUT2D eigenvalue weighted by atomic mass is 35.5. The van der Waals surface area contributed by atoms with Crippen LogP contribution < -0.4 is 15.5 Å². The molecule has 0 saturated carbocycles. The Labute approximate surface area is 130 Å². The van der Waals surface area contributed by atoms with Crippen molar-refractivity contribution in [2.75, 3.05) is 24.5 Å². The van der Waals surface area contributed by atoms with Gasteiger partial charge in [-0.15, -0.1) is 0 Å². The number of nitrogens with zero attached hydrogens (tertiary/aromatic N) is 1. The van der Waals surface area contributed by atoms with E-state index >= 15 is 0 Å². The summed E-state index contributed by atoms with van der Waals surface area (Å²) in [7, 11) is 0. The molecule has 3 N–H and O–H groups in total. The molecule has 0 aliphatic carbocycles. The van der Waals surface area contributed by atoms with Crippen LogP contribution in [0.4, 0.5) is 10.5 Å². The fourth-order valence-corrected chi connectivity index (χ4v) is 2.75. The second kappa shape index (κ2) is 7.52. The van der Waals surface area contributed by atoms with Crippen LogP contribution in [0.1, 0.15) is 19.8 Å². The minimum atomic E-state index is -0.540. The summed E-state index contributed by atoms with van der Waals surface area (Å²) in [5.74, 6) is 0. The molecule has 0 aromatic heterocycles. The van der Waals surface area contributed by atoms with Gasteiger partial charge in [-0.1, -0.05) is 23.7 Å². The third kappa shape index (κ3) is 4.79. The first-order valence-corrected chi connectivity index (χ1v) is 7.66. The average molecular weight is 312 g/mol. The molecule has 21 heavy (non-hydrogen) atoms. The molecular formula is C15H22ClN3O2. The fraction of sp³-hybridized carbons (Fsp3) is 0.533. The maximum Gasteiger partial charge on any atom is 0.315 e. The van der Waals surface area contributed by atoms with E-state index in [1.807, 2.05) is 24.3 Å². The normalized spacial score (nSPS) is 20.0. The molecule has 1 aliphatic heterocycles. The van der Waals surface area contributed by atoms with Crippen LogP contribution in [0.15, 0.2) is 24.3 Å². The summed E-state index contributed by atoms with van der Waals surface area (Å²) in [4.78, 5) is 13.9. The Morgan fingerprint density at radius 3 is 3.00 bits per heavy atom. The summed E-state index contributed by atoms with van der Waals surface area (Å²) >= 11 is 6.23. The fourth-order valence-electron chi connectivity index (χ4n) is 2.50. The number of anilines is 1. The van der Waals surface area contributed by atoms with Crippen molar-refractivity contribution in [2.24, 2.45) is 0 Å². The molecular weight excluding hydrogens is 290 g/mol. The lowest BCUT2D eigenvalue weighted by Gasteiger charge is -2.35. The Hall–Kier alpha value is -1.46. The molecule has 2 rings (SSSR count). The summed E-state index contributed by atoms with van der Waals surface area (Å²) in [5, 5.41) is 15.5. The standard InChI is InChI=1S/C15H22ClN3O2/c1-11(20)9-17-15(21)18-12-5-4-8-19(10-12)14-7-3-2-6-13(14)16/h2-3,6-7,11-12,20H,4-5,8-10H2,1H3,(H2,17,18,21)/t11-,12-/m1/s1. The number of hydrogen-bond acceptors (Lipinski definition) is 3. The van der Waals surface area contributed by atoms with Gasteiger partial charge in [0.2, 0.25) is 0 Å². The highest BCUT2D eigenvalue weighted by Crippen LogP contribution is 2.27. The van der Waals surface area contributed by atoms with Gasteiger partial charge in [-0.3, -0.25) is 0 Å².